The molecule has 0 saturated carbocycles. The zero-order valence-corrected chi connectivity index (χ0v) is 19.5. The third-order valence-corrected chi connectivity index (χ3v) is 5.86. The fraction of sp³-hybridized carbons (Fsp3) is 0.520. The van der Waals surface area contributed by atoms with Crippen molar-refractivity contribution in [2.24, 2.45) is 5.92 Å². The molecule has 0 aromatic carbocycles. The van der Waals surface area contributed by atoms with Crippen LogP contribution in [-0.4, -0.2) is 34.1 Å². The van der Waals surface area contributed by atoms with E-state index in [-0.39, 0.29) is 30.1 Å². The quantitative estimate of drug-likeness (QED) is 0.606. The summed E-state index contributed by atoms with van der Waals surface area (Å²) in [5.74, 6) is 0.749. The van der Waals surface area contributed by atoms with E-state index in [0.717, 1.165) is 12.8 Å². The Bertz CT molecular complexity index is 946. The van der Waals surface area contributed by atoms with Crippen molar-refractivity contribution in [1.29, 1.82) is 0 Å². The minimum Gasteiger partial charge on any atom is -0.459 e. The molecule has 8 heteroatoms. The van der Waals surface area contributed by atoms with Gasteiger partial charge in [0, 0.05) is 24.0 Å². The molecule has 3 rings (SSSR count). The average Bonchev–Trinajstić information content (AvgIpc) is 3.49. The smallest absolute Gasteiger partial charge is 0.333 e. The standard InChI is InChI=1S/C25H32N2O6/c1-17-8-6-9-19(3)24(28)32-20(11-21-13-26-15-30-21)10-5-4-7-18(2)25(29)33-23(17)12-22-14-27-16-31-22/h7,9,13-17,20,23H,4-6,8,10-12H2,1-3H3/t17-,20+,23-/m0/s1. The first-order chi connectivity index (χ1) is 15.9. The van der Waals surface area contributed by atoms with Gasteiger partial charge in [-0.3, -0.25) is 0 Å². The number of nitrogens with zero attached hydrogens (tertiary/aromatic N) is 2. The van der Waals surface area contributed by atoms with Crippen LogP contribution in [0.1, 0.15) is 64.4 Å². The predicted molar refractivity (Wildman–Crippen MR) is 120 cm³/mol. The van der Waals surface area contributed by atoms with Crippen LogP contribution >= 0.6 is 0 Å². The zero-order chi connectivity index (χ0) is 23.6. The van der Waals surface area contributed by atoms with E-state index in [9.17, 15) is 9.59 Å². The van der Waals surface area contributed by atoms with Crippen LogP contribution in [0, 0.1) is 5.92 Å². The lowest BCUT2D eigenvalue weighted by Gasteiger charge is -2.23. The highest BCUT2D eigenvalue weighted by molar-refractivity contribution is 5.88. The van der Waals surface area contributed by atoms with E-state index in [4.69, 9.17) is 18.3 Å². The molecule has 178 valence electrons. The number of allylic oxidation sites excluding steroid dienone is 2. The molecular formula is C25H32N2O6. The van der Waals surface area contributed by atoms with Crippen LogP contribution in [0.5, 0.6) is 0 Å². The van der Waals surface area contributed by atoms with E-state index in [2.05, 4.69) is 9.97 Å². The topological polar surface area (TPSA) is 105 Å². The number of aromatic nitrogens is 2. The molecule has 3 atom stereocenters. The van der Waals surface area contributed by atoms with Gasteiger partial charge >= 0.3 is 11.9 Å². The van der Waals surface area contributed by atoms with Crippen LogP contribution in [0.2, 0.25) is 0 Å². The summed E-state index contributed by atoms with van der Waals surface area (Å²) in [6.45, 7) is 5.56. The molecule has 8 nitrogen and oxygen atoms in total. The fourth-order valence-corrected chi connectivity index (χ4v) is 3.72. The van der Waals surface area contributed by atoms with Crippen molar-refractivity contribution >= 4 is 11.9 Å². The molecule has 0 saturated heterocycles. The minimum atomic E-state index is -0.353. The summed E-state index contributed by atoms with van der Waals surface area (Å²) < 4.78 is 22.3. The molecule has 0 spiro atoms. The molecule has 1 aliphatic rings. The van der Waals surface area contributed by atoms with Gasteiger partial charge in [0.1, 0.15) is 23.7 Å². The van der Waals surface area contributed by atoms with Gasteiger partial charge < -0.3 is 18.3 Å². The molecule has 0 radical (unpaired) electrons. The third kappa shape index (κ3) is 7.73. The Hall–Kier alpha value is -3.16. The Morgan fingerprint density at radius 3 is 2.09 bits per heavy atom. The summed E-state index contributed by atoms with van der Waals surface area (Å²) in [5, 5.41) is 0. The summed E-state index contributed by atoms with van der Waals surface area (Å²) >= 11 is 0. The SMILES string of the molecule is CC1=CCC[C@H](C)[C@H](Cc2cnco2)OC(=O)C(C)=CCCC[C@H](Cc2cnco2)OC1=O. The van der Waals surface area contributed by atoms with Crippen LogP contribution in [0.3, 0.4) is 0 Å². The predicted octanol–water partition coefficient (Wildman–Crippen LogP) is 4.76. The molecule has 3 heterocycles. The number of cyclic esters (lactones) is 2. The number of oxazole rings is 2. The number of esters is 2. The molecule has 2 aromatic heterocycles. The monoisotopic (exact) mass is 456 g/mol. The molecule has 0 unspecified atom stereocenters. The van der Waals surface area contributed by atoms with Gasteiger partial charge in [0.2, 0.25) is 0 Å². The number of rotatable bonds is 4. The molecule has 0 N–H and O–H groups in total. The van der Waals surface area contributed by atoms with E-state index in [1.54, 1.807) is 26.2 Å². The Morgan fingerprint density at radius 1 is 0.848 bits per heavy atom. The molecule has 33 heavy (non-hydrogen) atoms. The van der Waals surface area contributed by atoms with Crippen molar-refractivity contribution < 1.29 is 27.9 Å². The second kappa shape index (κ2) is 12.2. The number of hydrogen-bond donors (Lipinski definition) is 0. The Balaban J connectivity index is 1.73. The molecule has 0 bridgehead atoms. The van der Waals surface area contributed by atoms with E-state index in [1.165, 1.54) is 12.8 Å². The Kier molecular flexibility index (Phi) is 9.04. The highest BCUT2D eigenvalue weighted by atomic mass is 16.5. The molecular weight excluding hydrogens is 424 g/mol. The Labute approximate surface area is 194 Å². The highest BCUT2D eigenvalue weighted by Gasteiger charge is 2.24. The second-order valence-corrected chi connectivity index (χ2v) is 8.57. The van der Waals surface area contributed by atoms with E-state index in [1.807, 2.05) is 19.1 Å². The molecule has 0 fully saturated rings. The summed E-state index contributed by atoms with van der Waals surface area (Å²) in [5.41, 5.74) is 1.13. The number of carbonyl (C=O) groups excluding carboxylic acids is 2. The average molecular weight is 457 g/mol. The van der Waals surface area contributed by atoms with Crippen molar-refractivity contribution in [3.8, 4) is 0 Å². The van der Waals surface area contributed by atoms with E-state index >= 15 is 0 Å². The summed E-state index contributed by atoms with van der Waals surface area (Å²) in [6.07, 6.45) is 13.5. The first-order valence-electron chi connectivity index (χ1n) is 11.4. The highest BCUT2D eigenvalue weighted by Crippen LogP contribution is 2.22. The second-order valence-electron chi connectivity index (χ2n) is 8.57. The molecule has 0 aliphatic carbocycles. The maximum absolute atomic E-state index is 12.7. The van der Waals surface area contributed by atoms with Crippen LogP contribution in [0.4, 0.5) is 0 Å². The summed E-state index contributed by atoms with van der Waals surface area (Å²) in [4.78, 5) is 33.3. The van der Waals surface area contributed by atoms with Gasteiger partial charge in [-0.1, -0.05) is 19.1 Å². The van der Waals surface area contributed by atoms with Crippen molar-refractivity contribution in [2.45, 2.75) is 77.9 Å². The lowest BCUT2D eigenvalue weighted by Crippen LogP contribution is -2.28. The van der Waals surface area contributed by atoms with Gasteiger partial charge in [0.25, 0.3) is 0 Å². The van der Waals surface area contributed by atoms with Gasteiger partial charge in [-0.15, -0.1) is 0 Å². The summed E-state index contributed by atoms with van der Waals surface area (Å²) in [7, 11) is 0. The minimum absolute atomic E-state index is 0.0547. The third-order valence-electron chi connectivity index (χ3n) is 5.86. The molecule has 2 aromatic rings. The van der Waals surface area contributed by atoms with Gasteiger partial charge in [-0.2, -0.15) is 0 Å². The molecule has 0 amide bonds. The number of carbonyl (C=O) groups is 2. The normalized spacial score (nSPS) is 23.9. The van der Waals surface area contributed by atoms with Crippen LogP contribution in [-0.2, 0) is 31.9 Å². The maximum Gasteiger partial charge on any atom is 0.333 e. The lowest BCUT2D eigenvalue weighted by atomic mass is 9.95. The maximum atomic E-state index is 12.7. The van der Waals surface area contributed by atoms with Gasteiger partial charge in [-0.25, -0.2) is 19.6 Å². The van der Waals surface area contributed by atoms with Crippen molar-refractivity contribution in [3.05, 3.63) is 60.0 Å². The van der Waals surface area contributed by atoms with Crippen molar-refractivity contribution in [1.82, 2.24) is 9.97 Å². The van der Waals surface area contributed by atoms with Crippen LogP contribution in [0.15, 0.2) is 57.3 Å². The fourth-order valence-electron chi connectivity index (χ4n) is 3.72. The zero-order valence-electron chi connectivity index (χ0n) is 19.5. The first-order valence-corrected chi connectivity index (χ1v) is 11.4. The Morgan fingerprint density at radius 2 is 1.45 bits per heavy atom. The van der Waals surface area contributed by atoms with Gasteiger partial charge in [0.05, 0.1) is 12.4 Å². The number of ether oxygens (including phenoxy) is 2. The van der Waals surface area contributed by atoms with Crippen LogP contribution < -0.4 is 0 Å². The van der Waals surface area contributed by atoms with E-state index in [0.29, 0.717) is 54.8 Å². The summed E-state index contributed by atoms with van der Waals surface area (Å²) in [6, 6.07) is 0. The lowest BCUT2D eigenvalue weighted by molar-refractivity contribution is -0.147. The number of hydrogen-bond acceptors (Lipinski definition) is 8. The largest absolute Gasteiger partial charge is 0.459 e. The van der Waals surface area contributed by atoms with Gasteiger partial charge in [-0.05, 0) is 51.9 Å². The first kappa shape index (κ1) is 24.5. The van der Waals surface area contributed by atoms with Crippen molar-refractivity contribution in [3.63, 3.8) is 0 Å². The van der Waals surface area contributed by atoms with Crippen LogP contribution in [0.25, 0.3) is 0 Å². The van der Waals surface area contributed by atoms with E-state index < -0.39 is 0 Å². The molecule has 1 aliphatic heterocycles. The van der Waals surface area contributed by atoms with Gasteiger partial charge in [0.15, 0.2) is 12.8 Å². The van der Waals surface area contributed by atoms with Crippen molar-refractivity contribution in [2.75, 3.05) is 0 Å².